The summed E-state index contributed by atoms with van der Waals surface area (Å²) in [5, 5.41) is 9.49. The molecule has 0 unspecified atom stereocenters. The van der Waals surface area contributed by atoms with E-state index in [0.29, 0.717) is 0 Å². The van der Waals surface area contributed by atoms with E-state index in [4.69, 9.17) is 4.74 Å². The number of rotatable bonds is 6. The molecule has 2 heterocycles. The Bertz CT molecular complexity index is 1020. The Morgan fingerprint density at radius 1 is 0.926 bits per heavy atom. The monoisotopic (exact) mass is 374 g/mol. The van der Waals surface area contributed by atoms with Gasteiger partial charge >= 0.3 is 0 Å². The molecule has 0 bridgehead atoms. The van der Waals surface area contributed by atoms with Gasteiger partial charge in [-0.3, -0.25) is 4.98 Å². The average molecular weight is 374 g/mol. The van der Waals surface area contributed by atoms with Crippen molar-refractivity contribution in [3.8, 4) is 22.9 Å². The molecule has 5 nitrogen and oxygen atoms in total. The quantitative estimate of drug-likeness (QED) is 0.446. The fourth-order valence-electron chi connectivity index (χ4n) is 2.67. The van der Waals surface area contributed by atoms with Gasteiger partial charge < -0.3 is 9.30 Å². The molecule has 0 amide bonds. The Labute approximate surface area is 162 Å². The predicted molar refractivity (Wildman–Crippen MR) is 107 cm³/mol. The van der Waals surface area contributed by atoms with E-state index in [1.807, 2.05) is 72.3 Å². The molecule has 0 aliphatic carbocycles. The normalized spacial score (nSPS) is 10.7. The molecule has 4 rings (SSSR count). The smallest absolute Gasteiger partial charge is 0.191 e. The second-order valence-electron chi connectivity index (χ2n) is 5.92. The van der Waals surface area contributed by atoms with E-state index in [2.05, 4.69) is 21.2 Å². The highest BCUT2D eigenvalue weighted by Crippen LogP contribution is 2.31. The highest BCUT2D eigenvalue weighted by atomic mass is 32.2. The van der Waals surface area contributed by atoms with Crippen LogP contribution >= 0.6 is 11.8 Å². The zero-order valence-corrected chi connectivity index (χ0v) is 15.6. The van der Waals surface area contributed by atoms with Crippen molar-refractivity contribution in [1.29, 1.82) is 0 Å². The van der Waals surface area contributed by atoms with Crippen LogP contribution in [0.2, 0.25) is 0 Å². The summed E-state index contributed by atoms with van der Waals surface area (Å²) < 4.78 is 8.03. The third-order valence-corrected chi connectivity index (χ3v) is 5.12. The molecule has 0 aliphatic rings. The number of aromatic nitrogens is 4. The molecule has 134 valence electrons. The molecule has 4 aromatic rings. The first-order valence-electron chi connectivity index (χ1n) is 8.54. The number of nitrogens with zero attached hydrogens (tertiary/aromatic N) is 4. The number of thioether (sulfide) groups is 1. The molecule has 0 fully saturated rings. The van der Waals surface area contributed by atoms with Crippen molar-refractivity contribution in [3.63, 3.8) is 0 Å². The third-order valence-electron chi connectivity index (χ3n) is 4.06. The fourth-order valence-corrected chi connectivity index (χ4v) is 3.57. The Morgan fingerprint density at radius 2 is 1.74 bits per heavy atom. The molecule has 2 aromatic heterocycles. The summed E-state index contributed by atoms with van der Waals surface area (Å²) in [5.41, 5.74) is 2.06. The molecule has 2 aromatic carbocycles. The minimum Gasteiger partial charge on any atom is -0.457 e. The maximum absolute atomic E-state index is 6.04. The zero-order chi connectivity index (χ0) is 18.5. The van der Waals surface area contributed by atoms with Crippen molar-refractivity contribution in [1.82, 2.24) is 19.7 Å². The molecule has 0 saturated heterocycles. The number of hydrogen-bond acceptors (Lipinski definition) is 5. The van der Waals surface area contributed by atoms with Crippen LogP contribution in [0.15, 0.2) is 84.3 Å². The van der Waals surface area contributed by atoms with Gasteiger partial charge in [0.05, 0.1) is 0 Å². The van der Waals surface area contributed by atoms with Gasteiger partial charge in [0, 0.05) is 36.3 Å². The SMILES string of the molecule is Cn1c(SCc2ccccc2Oc2ccccc2)nnc1-c1cccnc1. The molecule has 0 aliphatic heterocycles. The summed E-state index contributed by atoms with van der Waals surface area (Å²) in [6, 6.07) is 21.7. The lowest BCUT2D eigenvalue weighted by Gasteiger charge is -2.11. The Morgan fingerprint density at radius 3 is 2.56 bits per heavy atom. The lowest BCUT2D eigenvalue weighted by molar-refractivity contribution is 0.478. The highest BCUT2D eigenvalue weighted by Gasteiger charge is 2.13. The predicted octanol–water partition coefficient (Wildman–Crippen LogP) is 4.96. The van der Waals surface area contributed by atoms with Gasteiger partial charge in [0.25, 0.3) is 0 Å². The van der Waals surface area contributed by atoms with Gasteiger partial charge in [-0.25, -0.2) is 0 Å². The van der Waals surface area contributed by atoms with E-state index in [-0.39, 0.29) is 0 Å². The highest BCUT2D eigenvalue weighted by molar-refractivity contribution is 7.98. The zero-order valence-electron chi connectivity index (χ0n) is 14.8. The van der Waals surface area contributed by atoms with E-state index in [9.17, 15) is 0 Å². The van der Waals surface area contributed by atoms with Gasteiger partial charge in [-0.2, -0.15) is 0 Å². The minimum absolute atomic E-state index is 0.738. The van der Waals surface area contributed by atoms with Crippen molar-refractivity contribution in [2.24, 2.45) is 7.05 Å². The third kappa shape index (κ3) is 4.01. The summed E-state index contributed by atoms with van der Waals surface area (Å²) >= 11 is 1.63. The Balaban J connectivity index is 1.51. The summed E-state index contributed by atoms with van der Waals surface area (Å²) in [7, 11) is 1.97. The topological polar surface area (TPSA) is 52.8 Å². The van der Waals surface area contributed by atoms with Crippen LogP contribution in [0.3, 0.4) is 0 Å². The van der Waals surface area contributed by atoms with Crippen molar-refractivity contribution in [2.45, 2.75) is 10.9 Å². The van der Waals surface area contributed by atoms with Gasteiger partial charge in [-0.15, -0.1) is 10.2 Å². The van der Waals surface area contributed by atoms with Crippen molar-refractivity contribution < 1.29 is 4.74 Å². The van der Waals surface area contributed by atoms with Crippen LogP contribution in [0.1, 0.15) is 5.56 Å². The molecular weight excluding hydrogens is 356 g/mol. The second-order valence-corrected chi connectivity index (χ2v) is 6.86. The van der Waals surface area contributed by atoms with Gasteiger partial charge in [0.2, 0.25) is 0 Å². The molecular formula is C21H18N4OS. The maximum Gasteiger partial charge on any atom is 0.191 e. The average Bonchev–Trinajstić information content (AvgIpc) is 3.09. The van der Waals surface area contributed by atoms with Gasteiger partial charge in [0.1, 0.15) is 11.5 Å². The maximum atomic E-state index is 6.04. The first-order chi connectivity index (χ1) is 13.3. The molecule has 6 heteroatoms. The van der Waals surface area contributed by atoms with Gasteiger partial charge in [0.15, 0.2) is 11.0 Å². The summed E-state index contributed by atoms with van der Waals surface area (Å²) in [4.78, 5) is 4.15. The van der Waals surface area contributed by atoms with E-state index in [1.165, 1.54) is 0 Å². The van der Waals surface area contributed by atoms with Crippen LogP contribution < -0.4 is 4.74 Å². The molecule has 0 saturated carbocycles. The van der Waals surface area contributed by atoms with Crippen LogP contribution in [0.5, 0.6) is 11.5 Å². The van der Waals surface area contributed by atoms with Gasteiger partial charge in [-0.05, 0) is 30.3 Å². The number of benzene rings is 2. The number of pyridine rings is 1. The molecule has 0 N–H and O–H groups in total. The summed E-state index contributed by atoms with van der Waals surface area (Å²) in [6.45, 7) is 0. The van der Waals surface area contributed by atoms with E-state index < -0.39 is 0 Å². The minimum atomic E-state index is 0.738. The summed E-state index contributed by atoms with van der Waals surface area (Å²) in [5.74, 6) is 3.22. The lowest BCUT2D eigenvalue weighted by Crippen LogP contribution is -1.96. The van der Waals surface area contributed by atoms with Gasteiger partial charge in [-0.1, -0.05) is 48.2 Å². The Kier molecular flexibility index (Phi) is 5.16. The van der Waals surface area contributed by atoms with Crippen LogP contribution in [0.25, 0.3) is 11.4 Å². The first kappa shape index (κ1) is 17.3. The number of ether oxygens (including phenoxy) is 1. The number of hydrogen-bond donors (Lipinski definition) is 0. The van der Waals surface area contributed by atoms with Crippen molar-refractivity contribution in [3.05, 3.63) is 84.7 Å². The van der Waals surface area contributed by atoms with E-state index in [1.54, 1.807) is 24.2 Å². The molecule has 0 atom stereocenters. The van der Waals surface area contributed by atoms with Crippen LogP contribution in [-0.4, -0.2) is 19.7 Å². The fraction of sp³-hybridized carbons (Fsp3) is 0.0952. The van der Waals surface area contributed by atoms with Crippen molar-refractivity contribution >= 4 is 11.8 Å². The van der Waals surface area contributed by atoms with Crippen LogP contribution in [-0.2, 0) is 12.8 Å². The largest absolute Gasteiger partial charge is 0.457 e. The number of para-hydroxylation sites is 2. The Hall–Kier alpha value is -3.12. The standard InChI is InChI=1S/C21H18N4OS/c1-25-20(16-9-7-13-22-14-16)23-24-21(25)27-15-17-8-5-6-12-19(17)26-18-10-3-2-4-11-18/h2-14H,15H2,1H3. The molecule has 0 radical (unpaired) electrons. The van der Waals surface area contributed by atoms with Crippen LogP contribution in [0, 0.1) is 0 Å². The first-order valence-corrected chi connectivity index (χ1v) is 9.53. The summed E-state index contributed by atoms with van der Waals surface area (Å²) in [6.07, 6.45) is 3.54. The van der Waals surface area contributed by atoms with Crippen molar-refractivity contribution in [2.75, 3.05) is 0 Å². The van der Waals surface area contributed by atoms with E-state index in [0.717, 1.165) is 39.4 Å². The molecule has 0 spiro atoms. The lowest BCUT2D eigenvalue weighted by atomic mass is 10.2. The van der Waals surface area contributed by atoms with E-state index >= 15 is 0 Å². The van der Waals surface area contributed by atoms with Crippen LogP contribution in [0.4, 0.5) is 0 Å². The second kappa shape index (κ2) is 8.05. The molecule has 27 heavy (non-hydrogen) atoms.